The van der Waals surface area contributed by atoms with Crippen LogP contribution in [0, 0.1) is 6.92 Å². The zero-order chi connectivity index (χ0) is 8.43. The SMILES string of the molecule is Cc1ncc([S+](C)[O-])cc1Br. The summed E-state index contributed by atoms with van der Waals surface area (Å²) in [5.74, 6) is 0. The lowest BCUT2D eigenvalue weighted by Gasteiger charge is -2.04. The molecule has 2 nitrogen and oxygen atoms in total. The van der Waals surface area contributed by atoms with Crippen LogP contribution >= 0.6 is 15.9 Å². The van der Waals surface area contributed by atoms with E-state index in [4.69, 9.17) is 0 Å². The predicted octanol–water partition coefficient (Wildman–Crippen LogP) is 1.89. The molecule has 0 aromatic carbocycles. The minimum Gasteiger partial charge on any atom is -0.612 e. The van der Waals surface area contributed by atoms with Gasteiger partial charge in [-0.3, -0.25) is 4.98 Å². The Morgan fingerprint density at radius 2 is 2.27 bits per heavy atom. The molecule has 0 bridgehead atoms. The maximum atomic E-state index is 11.0. The van der Waals surface area contributed by atoms with Crippen LogP contribution in [0.1, 0.15) is 5.69 Å². The van der Waals surface area contributed by atoms with E-state index in [9.17, 15) is 4.55 Å². The highest BCUT2D eigenvalue weighted by atomic mass is 79.9. The molecule has 1 aromatic rings. The molecule has 11 heavy (non-hydrogen) atoms. The molecule has 0 aliphatic heterocycles. The van der Waals surface area contributed by atoms with Gasteiger partial charge < -0.3 is 4.55 Å². The van der Waals surface area contributed by atoms with Gasteiger partial charge in [-0.1, -0.05) is 0 Å². The van der Waals surface area contributed by atoms with Gasteiger partial charge in [-0.2, -0.15) is 0 Å². The van der Waals surface area contributed by atoms with Crippen LogP contribution < -0.4 is 0 Å². The summed E-state index contributed by atoms with van der Waals surface area (Å²) in [4.78, 5) is 4.81. The highest BCUT2D eigenvalue weighted by Crippen LogP contribution is 2.17. The summed E-state index contributed by atoms with van der Waals surface area (Å²) in [5, 5.41) is 0. The second-order valence-electron chi connectivity index (χ2n) is 2.19. The van der Waals surface area contributed by atoms with E-state index in [0.29, 0.717) is 0 Å². The van der Waals surface area contributed by atoms with E-state index in [0.717, 1.165) is 15.1 Å². The molecule has 0 N–H and O–H groups in total. The topological polar surface area (TPSA) is 36.0 Å². The molecule has 1 heterocycles. The first-order valence-corrected chi connectivity index (χ1v) is 5.42. The van der Waals surface area contributed by atoms with Gasteiger partial charge in [0.15, 0.2) is 4.90 Å². The van der Waals surface area contributed by atoms with Gasteiger partial charge in [0, 0.05) is 10.5 Å². The number of aryl methyl sites for hydroxylation is 1. The lowest BCUT2D eigenvalue weighted by atomic mass is 10.4. The van der Waals surface area contributed by atoms with Crippen molar-refractivity contribution in [3.63, 3.8) is 0 Å². The van der Waals surface area contributed by atoms with E-state index in [-0.39, 0.29) is 0 Å². The van der Waals surface area contributed by atoms with Crippen LogP contribution in [-0.4, -0.2) is 15.8 Å². The molecular formula is C7H8BrNOS. The number of halogens is 1. The summed E-state index contributed by atoms with van der Waals surface area (Å²) < 4.78 is 11.9. The van der Waals surface area contributed by atoms with Gasteiger partial charge in [-0.05, 0) is 34.0 Å². The molecule has 0 saturated heterocycles. The maximum absolute atomic E-state index is 11.0. The van der Waals surface area contributed by atoms with Crippen molar-refractivity contribution in [2.75, 3.05) is 6.26 Å². The van der Waals surface area contributed by atoms with Crippen molar-refractivity contribution < 1.29 is 4.55 Å². The molecule has 0 fully saturated rings. The number of rotatable bonds is 1. The highest BCUT2D eigenvalue weighted by Gasteiger charge is 2.05. The molecular weight excluding hydrogens is 226 g/mol. The maximum Gasteiger partial charge on any atom is 0.171 e. The molecule has 1 aromatic heterocycles. The molecule has 1 atom stereocenters. The van der Waals surface area contributed by atoms with Gasteiger partial charge in [0.05, 0.1) is 11.9 Å². The second kappa shape index (κ2) is 3.56. The Balaban J connectivity index is 3.05. The predicted molar refractivity (Wildman–Crippen MR) is 49.0 cm³/mol. The van der Waals surface area contributed by atoms with Gasteiger partial charge in [0.2, 0.25) is 0 Å². The third-order valence-corrected chi connectivity index (χ3v) is 3.02. The van der Waals surface area contributed by atoms with Crippen molar-refractivity contribution in [2.45, 2.75) is 11.8 Å². The monoisotopic (exact) mass is 233 g/mol. The Bertz CT molecular complexity index is 265. The number of pyridine rings is 1. The Kier molecular flexibility index (Phi) is 2.92. The molecule has 1 unspecified atom stereocenters. The fourth-order valence-electron chi connectivity index (χ4n) is 0.646. The third kappa shape index (κ3) is 2.18. The molecule has 0 aliphatic rings. The average molecular weight is 234 g/mol. The Labute approximate surface area is 77.3 Å². The molecule has 60 valence electrons. The zero-order valence-electron chi connectivity index (χ0n) is 6.30. The molecule has 4 heteroatoms. The minimum absolute atomic E-state index is 0.752. The summed E-state index contributed by atoms with van der Waals surface area (Å²) in [6.45, 7) is 1.90. The van der Waals surface area contributed by atoms with Crippen LogP contribution in [0.4, 0.5) is 0 Å². The van der Waals surface area contributed by atoms with E-state index in [1.54, 1.807) is 12.5 Å². The van der Waals surface area contributed by atoms with Gasteiger partial charge in [0.1, 0.15) is 6.26 Å². The van der Waals surface area contributed by atoms with E-state index >= 15 is 0 Å². The van der Waals surface area contributed by atoms with Crippen molar-refractivity contribution in [1.29, 1.82) is 0 Å². The number of nitrogens with zero attached hydrogens (tertiary/aromatic N) is 1. The van der Waals surface area contributed by atoms with Gasteiger partial charge in [-0.15, -0.1) is 0 Å². The molecule has 0 saturated carbocycles. The van der Waals surface area contributed by atoms with Gasteiger partial charge in [0.25, 0.3) is 0 Å². The molecule has 1 rings (SSSR count). The Morgan fingerprint density at radius 3 is 2.73 bits per heavy atom. The summed E-state index contributed by atoms with van der Waals surface area (Å²) in [6.07, 6.45) is 3.27. The first kappa shape index (κ1) is 9.03. The molecule has 0 aliphatic carbocycles. The summed E-state index contributed by atoms with van der Waals surface area (Å²) in [7, 11) is 0. The summed E-state index contributed by atoms with van der Waals surface area (Å²) in [6, 6.07) is 1.83. The molecule has 0 radical (unpaired) electrons. The second-order valence-corrected chi connectivity index (χ2v) is 4.43. The van der Waals surface area contributed by atoms with Crippen molar-refractivity contribution >= 4 is 27.1 Å². The number of hydrogen-bond donors (Lipinski definition) is 0. The molecule has 0 spiro atoms. The standard InChI is InChI=1S/C7H8BrNOS/c1-5-7(8)3-6(4-9-5)11(2)10/h3-4H,1-2H3. The first-order chi connectivity index (χ1) is 5.11. The van der Waals surface area contributed by atoms with Crippen LogP contribution in [0.5, 0.6) is 0 Å². The third-order valence-electron chi connectivity index (χ3n) is 1.33. The van der Waals surface area contributed by atoms with Gasteiger partial charge >= 0.3 is 0 Å². The fourth-order valence-corrected chi connectivity index (χ4v) is 1.63. The lowest BCUT2D eigenvalue weighted by Crippen LogP contribution is -1.98. The number of hydrogen-bond acceptors (Lipinski definition) is 2. The fraction of sp³-hybridized carbons (Fsp3) is 0.286. The van der Waals surface area contributed by atoms with E-state index in [2.05, 4.69) is 20.9 Å². The van der Waals surface area contributed by atoms with Crippen LogP contribution in [0.3, 0.4) is 0 Å². The van der Waals surface area contributed by atoms with E-state index in [1.807, 2.05) is 13.0 Å². The normalized spacial score (nSPS) is 13.1. The van der Waals surface area contributed by atoms with Crippen LogP contribution in [-0.2, 0) is 11.2 Å². The number of aromatic nitrogens is 1. The zero-order valence-corrected chi connectivity index (χ0v) is 8.70. The lowest BCUT2D eigenvalue weighted by molar-refractivity contribution is 0.600. The highest BCUT2D eigenvalue weighted by molar-refractivity contribution is 9.10. The van der Waals surface area contributed by atoms with Crippen LogP contribution in [0.15, 0.2) is 21.6 Å². The quantitative estimate of drug-likeness (QED) is 0.695. The van der Waals surface area contributed by atoms with Crippen molar-refractivity contribution in [3.05, 3.63) is 22.4 Å². The van der Waals surface area contributed by atoms with Crippen molar-refractivity contribution in [2.24, 2.45) is 0 Å². The molecule has 0 amide bonds. The Morgan fingerprint density at radius 1 is 1.64 bits per heavy atom. The Hall–Kier alpha value is -0.0600. The van der Waals surface area contributed by atoms with Crippen LogP contribution in [0.25, 0.3) is 0 Å². The van der Waals surface area contributed by atoms with E-state index in [1.165, 1.54) is 0 Å². The summed E-state index contributed by atoms with van der Waals surface area (Å²) in [5.41, 5.74) is 0.916. The van der Waals surface area contributed by atoms with E-state index < -0.39 is 11.2 Å². The summed E-state index contributed by atoms with van der Waals surface area (Å²) >= 11 is 2.38. The first-order valence-electron chi connectivity index (χ1n) is 3.07. The largest absolute Gasteiger partial charge is 0.612 e. The van der Waals surface area contributed by atoms with Gasteiger partial charge in [-0.25, -0.2) is 0 Å². The minimum atomic E-state index is -0.940. The van der Waals surface area contributed by atoms with Crippen molar-refractivity contribution in [1.82, 2.24) is 4.98 Å². The van der Waals surface area contributed by atoms with Crippen molar-refractivity contribution in [3.8, 4) is 0 Å². The van der Waals surface area contributed by atoms with Crippen LogP contribution in [0.2, 0.25) is 0 Å². The average Bonchev–Trinajstić information content (AvgIpc) is 1.94. The smallest absolute Gasteiger partial charge is 0.171 e.